The zero-order valence-corrected chi connectivity index (χ0v) is 12.0. The average molecular weight is 302 g/mol. The quantitative estimate of drug-likeness (QED) is 0.882. The fourth-order valence-electron chi connectivity index (χ4n) is 2.75. The minimum absolute atomic E-state index is 0.235. The van der Waals surface area contributed by atoms with Gasteiger partial charge in [0.05, 0.1) is 5.56 Å². The van der Waals surface area contributed by atoms with Crippen LogP contribution in [0.15, 0.2) is 30.5 Å². The van der Waals surface area contributed by atoms with Crippen LogP contribution in [0.2, 0.25) is 0 Å². The third-order valence-electron chi connectivity index (χ3n) is 3.88. The molecule has 5 nitrogen and oxygen atoms in total. The standard InChI is InChI=1S/C16H15FN2O3/c1-19-8-10(15(18)20)6-13(19)16(21)22-14-5-3-9-2-4-11(17)7-12(9)14/h2,4,6-8,14H,3,5H2,1H3,(H2,18,20)/t14-/m1/s1. The van der Waals surface area contributed by atoms with Crippen molar-refractivity contribution in [2.45, 2.75) is 18.9 Å². The van der Waals surface area contributed by atoms with Crippen molar-refractivity contribution in [1.82, 2.24) is 4.57 Å². The number of hydrogen-bond acceptors (Lipinski definition) is 3. The number of nitrogens with two attached hydrogens (primary N) is 1. The summed E-state index contributed by atoms with van der Waals surface area (Å²) in [7, 11) is 1.63. The van der Waals surface area contributed by atoms with Gasteiger partial charge in [0.15, 0.2) is 0 Å². The number of carbonyl (C=O) groups excluding carboxylic acids is 2. The van der Waals surface area contributed by atoms with Crippen LogP contribution >= 0.6 is 0 Å². The number of amides is 1. The predicted molar refractivity (Wildman–Crippen MR) is 76.8 cm³/mol. The topological polar surface area (TPSA) is 74.3 Å². The first-order valence-electron chi connectivity index (χ1n) is 6.91. The van der Waals surface area contributed by atoms with Gasteiger partial charge in [0.1, 0.15) is 17.6 Å². The van der Waals surface area contributed by atoms with Crippen LogP contribution in [0.4, 0.5) is 4.39 Å². The van der Waals surface area contributed by atoms with Crippen LogP contribution < -0.4 is 5.73 Å². The first kappa shape index (κ1) is 14.3. The highest BCUT2D eigenvalue weighted by Crippen LogP contribution is 2.35. The summed E-state index contributed by atoms with van der Waals surface area (Å²) < 4.78 is 20.3. The number of carbonyl (C=O) groups is 2. The SMILES string of the molecule is Cn1cc(C(N)=O)cc1C(=O)O[C@@H]1CCc2ccc(F)cc21. The number of benzene rings is 1. The summed E-state index contributed by atoms with van der Waals surface area (Å²) in [5, 5.41) is 0. The van der Waals surface area contributed by atoms with Crippen molar-refractivity contribution in [3.8, 4) is 0 Å². The van der Waals surface area contributed by atoms with Gasteiger partial charge in [-0.1, -0.05) is 6.07 Å². The summed E-state index contributed by atoms with van der Waals surface area (Å²) in [5.74, 6) is -1.52. The number of hydrogen-bond donors (Lipinski definition) is 1. The molecule has 2 N–H and O–H groups in total. The second-order valence-electron chi connectivity index (χ2n) is 5.36. The van der Waals surface area contributed by atoms with E-state index in [0.29, 0.717) is 12.0 Å². The molecule has 0 fully saturated rings. The van der Waals surface area contributed by atoms with Gasteiger partial charge in [0.25, 0.3) is 0 Å². The minimum atomic E-state index is -0.608. The molecule has 114 valence electrons. The van der Waals surface area contributed by atoms with Crippen molar-refractivity contribution in [3.05, 3.63) is 58.7 Å². The number of aryl methyl sites for hydroxylation is 2. The van der Waals surface area contributed by atoms with E-state index in [1.807, 2.05) is 0 Å². The van der Waals surface area contributed by atoms with Gasteiger partial charge in [0, 0.05) is 13.2 Å². The lowest BCUT2D eigenvalue weighted by Gasteiger charge is -2.13. The van der Waals surface area contributed by atoms with Crippen molar-refractivity contribution in [1.29, 1.82) is 0 Å². The lowest BCUT2D eigenvalue weighted by molar-refractivity contribution is 0.0289. The van der Waals surface area contributed by atoms with Crippen LogP contribution in [-0.4, -0.2) is 16.4 Å². The molecular formula is C16H15FN2O3. The monoisotopic (exact) mass is 302 g/mol. The molecule has 3 rings (SSSR count). The molecule has 0 unspecified atom stereocenters. The molecule has 1 aromatic heterocycles. The van der Waals surface area contributed by atoms with Crippen molar-refractivity contribution >= 4 is 11.9 Å². The first-order chi connectivity index (χ1) is 10.5. The second-order valence-corrected chi connectivity index (χ2v) is 5.36. The normalized spacial score (nSPS) is 16.4. The molecule has 1 aliphatic carbocycles. The molecule has 1 aliphatic rings. The summed E-state index contributed by atoms with van der Waals surface area (Å²) >= 11 is 0. The van der Waals surface area contributed by atoms with Gasteiger partial charge in [-0.15, -0.1) is 0 Å². The van der Waals surface area contributed by atoms with E-state index >= 15 is 0 Å². The highest BCUT2D eigenvalue weighted by Gasteiger charge is 2.27. The van der Waals surface area contributed by atoms with E-state index in [2.05, 4.69) is 0 Å². The van der Waals surface area contributed by atoms with Gasteiger partial charge >= 0.3 is 5.97 Å². The summed E-state index contributed by atoms with van der Waals surface area (Å²) in [6, 6.07) is 5.91. The Labute approximate surface area is 126 Å². The van der Waals surface area contributed by atoms with Crippen LogP contribution in [-0.2, 0) is 18.2 Å². The summed E-state index contributed by atoms with van der Waals surface area (Å²) in [6.07, 6.45) is 2.37. The zero-order chi connectivity index (χ0) is 15.9. The molecule has 0 aliphatic heterocycles. The number of halogens is 1. The fourth-order valence-corrected chi connectivity index (χ4v) is 2.75. The zero-order valence-electron chi connectivity index (χ0n) is 12.0. The Hall–Kier alpha value is -2.63. The molecule has 0 spiro atoms. The van der Waals surface area contributed by atoms with E-state index in [0.717, 1.165) is 12.0 Å². The van der Waals surface area contributed by atoms with E-state index in [9.17, 15) is 14.0 Å². The molecule has 0 radical (unpaired) electrons. The van der Waals surface area contributed by atoms with Crippen LogP contribution in [0.3, 0.4) is 0 Å². The number of primary amides is 1. The Kier molecular flexibility index (Phi) is 3.44. The van der Waals surface area contributed by atoms with E-state index in [-0.39, 0.29) is 17.1 Å². The molecule has 1 aromatic carbocycles. The van der Waals surface area contributed by atoms with Crippen LogP contribution in [0, 0.1) is 5.82 Å². The van der Waals surface area contributed by atoms with Gasteiger partial charge in [-0.2, -0.15) is 0 Å². The van der Waals surface area contributed by atoms with Gasteiger partial charge in [0.2, 0.25) is 5.91 Å². The number of aromatic nitrogens is 1. The van der Waals surface area contributed by atoms with Gasteiger partial charge < -0.3 is 15.0 Å². The summed E-state index contributed by atoms with van der Waals surface area (Å²) in [6.45, 7) is 0. The highest BCUT2D eigenvalue weighted by atomic mass is 19.1. The summed E-state index contributed by atoms with van der Waals surface area (Å²) in [5.41, 5.74) is 7.37. The molecule has 0 bridgehead atoms. The van der Waals surface area contributed by atoms with Crippen LogP contribution in [0.25, 0.3) is 0 Å². The van der Waals surface area contributed by atoms with E-state index < -0.39 is 18.0 Å². The molecule has 1 amide bonds. The van der Waals surface area contributed by atoms with Crippen LogP contribution in [0.1, 0.15) is 44.5 Å². The number of ether oxygens (including phenoxy) is 1. The van der Waals surface area contributed by atoms with E-state index in [4.69, 9.17) is 10.5 Å². The molecule has 2 aromatic rings. The molecule has 0 saturated heterocycles. The molecule has 0 saturated carbocycles. The van der Waals surface area contributed by atoms with Gasteiger partial charge in [-0.25, -0.2) is 9.18 Å². The van der Waals surface area contributed by atoms with Crippen molar-refractivity contribution in [3.63, 3.8) is 0 Å². The Morgan fingerprint density at radius 3 is 2.82 bits per heavy atom. The molecule has 1 heterocycles. The number of fused-ring (bicyclic) bond motifs is 1. The van der Waals surface area contributed by atoms with E-state index in [1.165, 1.54) is 29.0 Å². The highest BCUT2D eigenvalue weighted by molar-refractivity contribution is 5.96. The summed E-state index contributed by atoms with van der Waals surface area (Å²) in [4.78, 5) is 23.4. The predicted octanol–water partition coefficient (Wildman–Crippen LogP) is 2.11. The number of rotatable bonds is 3. The van der Waals surface area contributed by atoms with Crippen LogP contribution in [0.5, 0.6) is 0 Å². The Morgan fingerprint density at radius 2 is 2.14 bits per heavy atom. The van der Waals surface area contributed by atoms with Gasteiger partial charge in [-0.05, 0) is 42.2 Å². The smallest absolute Gasteiger partial charge is 0.355 e. The Bertz CT molecular complexity index is 767. The maximum absolute atomic E-state index is 13.4. The number of nitrogens with zero attached hydrogens (tertiary/aromatic N) is 1. The average Bonchev–Trinajstić information content (AvgIpc) is 3.03. The minimum Gasteiger partial charge on any atom is -0.453 e. The van der Waals surface area contributed by atoms with E-state index in [1.54, 1.807) is 13.1 Å². The lowest BCUT2D eigenvalue weighted by atomic mass is 10.1. The maximum atomic E-state index is 13.4. The van der Waals surface area contributed by atoms with Crippen molar-refractivity contribution in [2.24, 2.45) is 12.8 Å². The molecule has 1 atom stereocenters. The molecular weight excluding hydrogens is 287 g/mol. The third-order valence-corrected chi connectivity index (χ3v) is 3.88. The fraction of sp³-hybridized carbons (Fsp3) is 0.250. The molecule has 22 heavy (non-hydrogen) atoms. The van der Waals surface area contributed by atoms with Gasteiger partial charge in [-0.3, -0.25) is 4.79 Å². The Balaban J connectivity index is 1.82. The number of esters is 1. The maximum Gasteiger partial charge on any atom is 0.355 e. The lowest BCUT2D eigenvalue weighted by Crippen LogP contribution is -2.13. The first-order valence-corrected chi connectivity index (χ1v) is 6.91. The third kappa shape index (κ3) is 2.47. The van der Waals surface area contributed by atoms with Crippen molar-refractivity contribution in [2.75, 3.05) is 0 Å². The molecule has 6 heteroatoms. The Morgan fingerprint density at radius 1 is 1.36 bits per heavy atom. The second kappa shape index (κ2) is 5.29. The van der Waals surface area contributed by atoms with Crippen molar-refractivity contribution < 1.29 is 18.7 Å². The largest absolute Gasteiger partial charge is 0.453 e.